The minimum atomic E-state index is -1.05. The summed E-state index contributed by atoms with van der Waals surface area (Å²) in [4.78, 5) is 24.6. The van der Waals surface area contributed by atoms with E-state index in [1.165, 1.54) is 12.1 Å². The van der Waals surface area contributed by atoms with Gasteiger partial charge >= 0.3 is 5.97 Å². The summed E-state index contributed by atoms with van der Waals surface area (Å²) in [5.41, 5.74) is 1.20. The van der Waals surface area contributed by atoms with Gasteiger partial charge < -0.3 is 15.3 Å². The second-order valence-corrected chi connectivity index (χ2v) is 5.02. The number of rotatable bonds is 3. The van der Waals surface area contributed by atoms with Crippen LogP contribution in [0.4, 0.5) is 5.69 Å². The standard InChI is InChI=1S/C15H17N3O3/c1-17-14(19)10-4-6-18(7-5-10)13-3-2-11(15(20)21)8-12(13)9-16/h2-3,8,10H,4-7H2,1H3,(H,17,19)(H,20,21). The predicted molar refractivity (Wildman–Crippen MR) is 77.1 cm³/mol. The van der Waals surface area contributed by atoms with Gasteiger partial charge in [0, 0.05) is 26.1 Å². The topological polar surface area (TPSA) is 93.4 Å². The number of carboxylic acid groups (broad SMARTS) is 1. The third-order valence-corrected chi connectivity index (χ3v) is 3.82. The van der Waals surface area contributed by atoms with Crippen molar-refractivity contribution in [2.75, 3.05) is 25.0 Å². The van der Waals surface area contributed by atoms with Crippen molar-refractivity contribution in [2.45, 2.75) is 12.8 Å². The summed E-state index contributed by atoms with van der Waals surface area (Å²) in [6.45, 7) is 1.36. The lowest BCUT2D eigenvalue weighted by Crippen LogP contribution is -2.39. The molecule has 1 amide bonds. The summed E-state index contributed by atoms with van der Waals surface area (Å²) in [7, 11) is 1.63. The van der Waals surface area contributed by atoms with Crippen LogP contribution in [0.15, 0.2) is 18.2 Å². The molecule has 0 radical (unpaired) electrons. The minimum absolute atomic E-state index is 0.00933. The first-order valence-electron chi connectivity index (χ1n) is 6.80. The summed E-state index contributed by atoms with van der Waals surface area (Å²) >= 11 is 0. The number of amides is 1. The van der Waals surface area contributed by atoms with Gasteiger partial charge in [0.25, 0.3) is 0 Å². The number of carboxylic acids is 1. The molecule has 6 nitrogen and oxygen atoms in total. The van der Waals surface area contributed by atoms with E-state index in [0.717, 1.165) is 18.5 Å². The largest absolute Gasteiger partial charge is 0.478 e. The van der Waals surface area contributed by atoms with Gasteiger partial charge in [-0.25, -0.2) is 4.79 Å². The van der Waals surface area contributed by atoms with E-state index in [-0.39, 0.29) is 17.4 Å². The number of aromatic carboxylic acids is 1. The molecule has 0 saturated carbocycles. The summed E-state index contributed by atoms with van der Waals surface area (Å²) in [5, 5.41) is 20.8. The highest BCUT2D eigenvalue weighted by molar-refractivity contribution is 5.89. The fourth-order valence-electron chi connectivity index (χ4n) is 2.62. The van der Waals surface area contributed by atoms with Crippen LogP contribution in [0.25, 0.3) is 0 Å². The molecule has 0 unspecified atom stereocenters. The molecule has 21 heavy (non-hydrogen) atoms. The quantitative estimate of drug-likeness (QED) is 0.871. The van der Waals surface area contributed by atoms with Crippen molar-refractivity contribution in [3.05, 3.63) is 29.3 Å². The maximum atomic E-state index is 11.6. The van der Waals surface area contributed by atoms with Crippen LogP contribution in [0.2, 0.25) is 0 Å². The van der Waals surface area contributed by atoms with Crippen LogP contribution in [0.1, 0.15) is 28.8 Å². The van der Waals surface area contributed by atoms with Crippen LogP contribution in [0.5, 0.6) is 0 Å². The van der Waals surface area contributed by atoms with E-state index in [9.17, 15) is 14.9 Å². The lowest BCUT2D eigenvalue weighted by Gasteiger charge is -2.33. The third-order valence-electron chi connectivity index (χ3n) is 3.82. The molecule has 2 N–H and O–H groups in total. The summed E-state index contributed by atoms with van der Waals surface area (Å²) in [6.07, 6.45) is 1.45. The van der Waals surface area contributed by atoms with Crippen molar-refractivity contribution in [1.82, 2.24) is 5.32 Å². The molecule has 6 heteroatoms. The minimum Gasteiger partial charge on any atom is -0.478 e. The monoisotopic (exact) mass is 287 g/mol. The highest BCUT2D eigenvalue weighted by atomic mass is 16.4. The third kappa shape index (κ3) is 3.14. The van der Waals surface area contributed by atoms with Crippen molar-refractivity contribution in [3.8, 4) is 6.07 Å². The van der Waals surface area contributed by atoms with Gasteiger partial charge in [0.15, 0.2) is 0 Å². The zero-order valence-electron chi connectivity index (χ0n) is 11.8. The van der Waals surface area contributed by atoms with E-state index in [4.69, 9.17) is 5.11 Å². The van der Waals surface area contributed by atoms with E-state index >= 15 is 0 Å². The first-order valence-corrected chi connectivity index (χ1v) is 6.80. The molecule has 1 aromatic rings. The zero-order chi connectivity index (χ0) is 15.4. The predicted octanol–water partition coefficient (Wildman–Crippen LogP) is 1.22. The molecule has 1 aromatic carbocycles. The molecule has 0 aliphatic carbocycles. The van der Waals surface area contributed by atoms with Gasteiger partial charge in [-0.2, -0.15) is 5.26 Å². The molecule has 0 spiro atoms. The summed E-state index contributed by atoms with van der Waals surface area (Å²) in [6, 6.07) is 6.61. The normalized spacial score (nSPS) is 15.3. The molecule has 0 aromatic heterocycles. The molecule has 1 heterocycles. The van der Waals surface area contributed by atoms with Crippen molar-refractivity contribution in [1.29, 1.82) is 5.26 Å². The van der Waals surface area contributed by atoms with Crippen LogP contribution < -0.4 is 10.2 Å². The highest BCUT2D eigenvalue weighted by Gasteiger charge is 2.25. The second-order valence-electron chi connectivity index (χ2n) is 5.02. The number of hydrogen-bond donors (Lipinski definition) is 2. The number of benzene rings is 1. The first kappa shape index (κ1) is 14.9. The summed E-state index contributed by atoms with van der Waals surface area (Å²) in [5.74, 6) is -0.983. The molecule has 1 saturated heterocycles. The maximum Gasteiger partial charge on any atom is 0.335 e. The van der Waals surface area contributed by atoms with E-state index in [1.807, 2.05) is 11.0 Å². The average Bonchev–Trinajstić information content (AvgIpc) is 2.53. The SMILES string of the molecule is CNC(=O)C1CCN(c2ccc(C(=O)O)cc2C#N)CC1. The van der Waals surface area contributed by atoms with Gasteiger partial charge in [-0.05, 0) is 31.0 Å². The average molecular weight is 287 g/mol. The van der Waals surface area contributed by atoms with Gasteiger partial charge in [0.1, 0.15) is 6.07 Å². The van der Waals surface area contributed by atoms with Crippen LogP contribution in [-0.2, 0) is 4.79 Å². The number of nitriles is 1. The fourth-order valence-corrected chi connectivity index (χ4v) is 2.62. The van der Waals surface area contributed by atoms with Crippen molar-refractivity contribution in [2.24, 2.45) is 5.92 Å². The Kier molecular flexibility index (Phi) is 4.43. The first-order chi connectivity index (χ1) is 10.1. The number of anilines is 1. The Bertz CT molecular complexity index is 599. The Morgan fingerprint density at radius 1 is 1.38 bits per heavy atom. The number of hydrogen-bond acceptors (Lipinski definition) is 4. The highest BCUT2D eigenvalue weighted by Crippen LogP contribution is 2.27. The van der Waals surface area contributed by atoms with Gasteiger partial charge in [-0.3, -0.25) is 4.79 Å². The Morgan fingerprint density at radius 2 is 2.05 bits per heavy atom. The van der Waals surface area contributed by atoms with E-state index in [0.29, 0.717) is 18.7 Å². The smallest absolute Gasteiger partial charge is 0.335 e. The molecule has 0 bridgehead atoms. The molecule has 110 valence electrons. The summed E-state index contributed by atoms with van der Waals surface area (Å²) < 4.78 is 0. The van der Waals surface area contributed by atoms with E-state index in [1.54, 1.807) is 13.1 Å². The zero-order valence-corrected chi connectivity index (χ0v) is 11.8. The number of nitrogens with one attached hydrogen (secondary N) is 1. The Morgan fingerprint density at radius 3 is 2.57 bits per heavy atom. The lowest BCUT2D eigenvalue weighted by molar-refractivity contribution is -0.125. The molecule has 2 rings (SSSR count). The number of nitrogens with zero attached hydrogens (tertiary/aromatic N) is 2. The van der Waals surface area contributed by atoms with Crippen molar-refractivity contribution in [3.63, 3.8) is 0 Å². The molecule has 1 aliphatic heterocycles. The van der Waals surface area contributed by atoms with Crippen molar-refractivity contribution < 1.29 is 14.7 Å². The van der Waals surface area contributed by atoms with Crippen LogP contribution >= 0.6 is 0 Å². The van der Waals surface area contributed by atoms with E-state index < -0.39 is 5.97 Å². The van der Waals surface area contributed by atoms with Gasteiger partial charge in [-0.1, -0.05) is 0 Å². The maximum absolute atomic E-state index is 11.6. The Hall–Kier alpha value is -2.55. The van der Waals surface area contributed by atoms with Crippen LogP contribution in [0, 0.1) is 17.2 Å². The van der Waals surface area contributed by atoms with Crippen LogP contribution in [-0.4, -0.2) is 37.1 Å². The van der Waals surface area contributed by atoms with Gasteiger partial charge in [-0.15, -0.1) is 0 Å². The number of carbonyl (C=O) groups excluding carboxylic acids is 1. The lowest BCUT2D eigenvalue weighted by atomic mass is 9.95. The second kappa shape index (κ2) is 6.27. The molecular formula is C15H17N3O3. The number of piperidine rings is 1. The fraction of sp³-hybridized carbons (Fsp3) is 0.400. The Balaban J connectivity index is 2.15. The van der Waals surface area contributed by atoms with Crippen molar-refractivity contribution >= 4 is 17.6 Å². The molecular weight excluding hydrogens is 270 g/mol. The van der Waals surface area contributed by atoms with Gasteiger partial charge in [0.2, 0.25) is 5.91 Å². The van der Waals surface area contributed by atoms with Crippen LogP contribution in [0.3, 0.4) is 0 Å². The van der Waals surface area contributed by atoms with E-state index in [2.05, 4.69) is 5.32 Å². The molecule has 1 fully saturated rings. The van der Waals surface area contributed by atoms with Gasteiger partial charge in [0.05, 0.1) is 16.8 Å². The number of carbonyl (C=O) groups is 2. The molecule has 1 aliphatic rings. The Labute approximate surface area is 123 Å². The molecule has 0 atom stereocenters.